The van der Waals surface area contributed by atoms with E-state index in [0.717, 1.165) is 12.1 Å². The first-order valence-corrected chi connectivity index (χ1v) is 4.75. The van der Waals surface area contributed by atoms with Gasteiger partial charge in [0, 0.05) is 6.08 Å². The fraction of sp³-hybridized carbons (Fsp3) is 0.167. The van der Waals surface area contributed by atoms with Crippen LogP contribution in [-0.2, 0) is 4.79 Å². The van der Waals surface area contributed by atoms with Crippen LogP contribution < -0.4 is 4.74 Å². The van der Waals surface area contributed by atoms with Gasteiger partial charge in [0.25, 0.3) is 0 Å². The number of carbonyl (C=O) groups is 1. The van der Waals surface area contributed by atoms with E-state index in [1.165, 1.54) is 12.1 Å². The highest BCUT2D eigenvalue weighted by molar-refractivity contribution is 5.80. The predicted molar refractivity (Wildman–Crippen MR) is 58.0 cm³/mol. The Hall–Kier alpha value is -2.35. The Kier molecular flexibility index (Phi) is 4.23. The lowest BCUT2D eigenvalue weighted by Crippen LogP contribution is -2.02. The molecule has 0 atom stereocenters. The van der Waals surface area contributed by atoms with Crippen LogP contribution in [0.5, 0.6) is 5.75 Å². The number of nitriles is 1. The van der Waals surface area contributed by atoms with E-state index in [4.69, 9.17) is 15.1 Å². The molecule has 0 aliphatic rings. The number of carboxylic acids is 1. The number of halogens is 1. The molecule has 4 nitrogen and oxygen atoms in total. The first-order valence-electron chi connectivity index (χ1n) is 4.75. The number of hydrogen-bond donors (Lipinski definition) is 1. The summed E-state index contributed by atoms with van der Waals surface area (Å²) in [4.78, 5) is 10.3. The topological polar surface area (TPSA) is 70.3 Å². The highest BCUT2D eigenvalue weighted by Gasteiger charge is 2.05. The number of hydrogen-bond acceptors (Lipinski definition) is 3. The molecule has 0 heterocycles. The fourth-order valence-corrected chi connectivity index (χ4v) is 1.13. The van der Waals surface area contributed by atoms with E-state index in [-0.39, 0.29) is 17.9 Å². The van der Waals surface area contributed by atoms with Crippen molar-refractivity contribution >= 4 is 5.97 Å². The maximum absolute atomic E-state index is 13.3. The minimum atomic E-state index is -1.08. The summed E-state index contributed by atoms with van der Waals surface area (Å²) in [6, 6.07) is 5.62. The summed E-state index contributed by atoms with van der Waals surface area (Å²) in [5.41, 5.74) is 0.661. The van der Waals surface area contributed by atoms with Gasteiger partial charge in [-0.25, -0.2) is 9.18 Å². The summed E-state index contributed by atoms with van der Waals surface area (Å²) in [6.45, 7) is 1.55. The largest absolute Gasteiger partial charge is 0.486 e. The standard InChI is InChI=1S/C12H10FNO3/c1-8(4-12(15)16)7-17-11-3-2-9(6-14)5-10(11)13/h2-5H,7H2,1H3,(H,15,16)/b8-4-. The van der Waals surface area contributed by atoms with Crippen LogP contribution in [0.15, 0.2) is 29.8 Å². The van der Waals surface area contributed by atoms with Gasteiger partial charge >= 0.3 is 5.97 Å². The van der Waals surface area contributed by atoms with Crippen LogP contribution in [0.4, 0.5) is 4.39 Å². The monoisotopic (exact) mass is 235 g/mol. The molecule has 0 saturated carbocycles. The summed E-state index contributed by atoms with van der Waals surface area (Å²) < 4.78 is 18.4. The summed E-state index contributed by atoms with van der Waals surface area (Å²) in [5, 5.41) is 17.0. The summed E-state index contributed by atoms with van der Waals surface area (Å²) in [6.07, 6.45) is 0.988. The third-order valence-corrected chi connectivity index (χ3v) is 1.89. The summed E-state index contributed by atoms with van der Waals surface area (Å²) in [7, 11) is 0. The molecule has 0 spiro atoms. The van der Waals surface area contributed by atoms with E-state index in [0.29, 0.717) is 5.57 Å². The Bertz CT molecular complexity index is 503. The highest BCUT2D eigenvalue weighted by atomic mass is 19.1. The number of ether oxygens (including phenoxy) is 1. The molecule has 0 aliphatic carbocycles. The van der Waals surface area contributed by atoms with Crippen LogP contribution in [0.2, 0.25) is 0 Å². The van der Waals surface area contributed by atoms with Gasteiger partial charge in [0.15, 0.2) is 11.6 Å². The van der Waals surface area contributed by atoms with Crippen LogP contribution in [-0.4, -0.2) is 17.7 Å². The van der Waals surface area contributed by atoms with Gasteiger partial charge < -0.3 is 9.84 Å². The Labute approximate surface area is 97.6 Å². The van der Waals surface area contributed by atoms with Crippen molar-refractivity contribution in [3.63, 3.8) is 0 Å². The predicted octanol–water partition coefficient (Wildman–Crippen LogP) is 2.11. The molecule has 1 aromatic carbocycles. The van der Waals surface area contributed by atoms with E-state index in [1.54, 1.807) is 13.0 Å². The van der Waals surface area contributed by atoms with E-state index in [2.05, 4.69) is 0 Å². The van der Waals surface area contributed by atoms with Gasteiger partial charge in [-0.2, -0.15) is 5.26 Å². The molecule has 1 rings (SSSR count). The zero-order chi connectivity index (χ0) is 12.8. The van der Waals surface area contributed by atoms with Gasteiger partial charge in [0.1, 0.15) is 6.61 Å². The molecule has 0 aromatic heterocycles. The number of aliphatic carboxylic acids is 1. The second-order valence-corrected chi connectivity index (χ2v) is 3.37. The lowest BCUT2D eigenvalue weighted by molar-refractivity contribution is -0.131. The smallest absolute Gasteiger partial charge is 0.328 e. The average Bonchev–Trinajstić information content (AvgIpc) is 2.26. The zero-order valence-corrected chi connectivity index (χ0v) is 9.11. The first kappa shape index (κ1) is 12.7. The van der Waals surface area contributed by atoms with Crippen molar-refractivity contribution in [1.29, 1.82) is 5.26 Å². The van der Waals surface area contributed by atoms with Gasteiger partial charge in [-0.15, -0.1) is 0 Å². The molecule has 0 fully saturated rings. The number of benzene rings is 1. The maximum Gasteiger partial charge on any atom is 0.328 e. The molecule has 0 radical (unpaired) electrons. The Balaban J connectivity index is 2.71. The number of nitrogens with zero attached hydrogens (tertiary/aromatic N) is 1. The van der Waals surface area contributed by atoms with Gasteiger partial charge in [0.05, 0.1) is 11.6 Å². The second-order valence-electron chi connectivity index (χ2n) is 3.37. The van der Waals surface area contributed by atoms with Crippen LogP contribution in [0.1, 0.15) is 12.5 Å². The minimum absolute atomic E-state index is 0.0119. The molecule has 5 heteroatoms. The van der Waals surface area contributed by atoms with Gasteiger partial charge in [-0.1, -0.05) is 0 Å². The van der Waals surface area contributed by atoms with E-state index < -0.39 is 11.8 Å². The Morgan fingerprint density at radius 2 is 2.35 bits per heavy atom. The number of carboxylic acid groups (broad SMARTS) is 1. The van der Waals surface area contributed by atoms with Gasteiger partial charge in [0.2, 0.25) is 0 Å². The quantitative estimate of drug-likeness (QED) is 0.811. The second kappa shape index (κ2) is 5.66. The van der Waals surface area contributed by atoms with Crippen molar-refractivity contribution in [2.45, 2.75) is 6.92 Å². The third kappa shape index (κ3) is 3.95. The fourth-order valence-electron chi connectivity index (χ4n) is 1.13. The third-order valence-electron chi connectivity index (χ3n) is 1.89. The Morgan fingerprint density at radius 3 is 2.88 bits per heavy atom. The SMILES string of the molecule is C/C(=C/C(=O)O)COc1ccc(C#N)cc1F. The minimum Gasteiger partial charge on any atom is -0.486 e. The lowest BCUT2D eigenvalue weighted by Gasteiger charge is -2.07. The molecule has 17 heavy (non-hydrogen) atoms. The van der Waals surface area contributed by atoms with Crippen molar-refractivity contribution < 1.29 is 19.0 Å². The van der Waals surface area contributed by atoms with Crippen molar-refractivity contribution in [1.82, 2.24) is 0 Å². The van der Waals surface area contributed by atoms with Gasteiger partial charge in [-0.3, -0.25) is 0 Å². The summed E-state index contributed by atoms with van der Waals surface area (Å²) in [5.74, 6) is -1.74. The normalized spacial score (nSPS) is 10.8. The van der Waals surface area contributed by atoms with Crippen LogP contribution in [0, 0.1) is 17.1 Å². The highest BCUT2D eigenvalue weighted by Crippen LogP contribution is 2.18. The molecule has 0 saturated heterocycles. The van der Waals surface area contributed by atoms with Crippen LogP contribution in [0.3, 0.4) is 0 Å². The summed E-state index contributed by atoms with van der Waals surface area (Å²) >= 11 is 0. The zero-order valence-electron chi connectivity index (χ0n) is 9.11. The molecular formula is C12H10FNO3. The lowest BCUT2D eigenvalue weighted by atomic mass is 10.2. The molecule has 1 N–H and O–H groups in total. The van der Waals surface area contributed by atoms with Crippen molar-refractivity contribution in [3.05, 3.63) is 41.2 Å². The van der Waals surface area contributed by atoms with Crippen LogP contribution in [0.25, 0.3) is 0 Å². The number of rotatable bonds is 4. The molecule has 1 aromatic rings. The van der Waals surface area contributed by atoms with E-state index >= 15 is 0 Å². The molecule has 0 amide bonds. The van der Waals surface area contributed by atoms with Crippen molar-refractivity contribution in [2.75, 3.05) is 6.61 Å². The van der Waals surface area contributed by atoms with E-state index in [9.17, 15) is 9.18 Å². The molecule has 0 unspecified atom stereocenters. The van der Waals surface area contributed by atoms with E-state index in [1.807, 2.05) is 0 Å². The molecule has 88 valence electrons. The van der Waals surface area contributed by atoms with Crippen molar-refractivity contribution in [3.8, 4) is 11.8 Å². The maximum atomic E-state index is 13.3. The van der Waals surface area contributed by atoms with Crippen molar-refractivity contribution in [2.24, 2.45) is 0 Å². The Morgan fingerprint density at radius 1 is 1.65 bits per heavy atom. The first-order chi connectivity index (χ1) is 8.02. The molecule has 0 aliphatic heterocycles. The van der Waals surface area contributed by atoms with Crippen LogP contribution >= 0.6 is 0 Å². The average molecular weight is 235 g/mol. The molecular weight excluding hydrogens is 225 g/mol. The molecule has 0 bridgehead atoms. The van der Waals surface area contributed by atoms with Gasteiger partial charge in [-0.05, 0) is 30.7 Å².